The van der Waals surface area contributed by atoms with Crippen molar-refractivity contribution in [3.8, 4) is 0 Å². The number of carbonyl (C=O) groups is 2. The Balaban J connectivity index is -0.000000240. The van der Waals surface area contributed by atoms with Crippen molar-refractivity contribution in [2.24, 2.45) is 5.41 Å². The minimum atomic E-state index is -0.935. The zero-order valence-corrected chi connectivity index (χ0v) is 13.3. The molecule has 0 aliphatic rings. The number of carboxylic acids is 2. The molecule has 0 saturated carbocycles. The summed E-state index contributed by atoms with van der Waals surface area (Å²) in [7, 11) is 0. The van der Waals surface area contributed by atoms with E-state index >= 15 is 0 Å². The quantitative estimate of drug-likeness (QED) is 0.558. The lowest BCUT2D eigenvalue weighted by Gasteiger charge is -2.25. The van der Waals surface area contributed by atoms with Crippen molar-refractivity contribution in [1.29, 1.82) is 0 Å². The smallest absolute Gasteiger partial charge is 0.330 e. The third-order valence-electron chi connectivity index (χ3n) is 2.90. The van der Waals surface area contributed by atoms with Gasteiger partial charge in [-0.15, -0.1) is 0 Å². The maximum Gasteiger partial charge on any atom is 0.330 e. The van der Waals surface area contributed by atoms with E-state index in [4.69, 9.17) is 20.4 Å². The average molecular weight is 304 g/mol. The molecule has 0 fully saturated rings. The molecule has 0 bridgehead atoms. The molecular weight excluding hydrogens is 276 g/mol. The Bertz CT molecular complexity index is 277. The Hall–Kier alpha value is -1.66. The fourth-order valence-electron chi connectivity index (χ4n) is 0.747. The van der Waals surface area contributed by atoms with Crippen molar-refractivity contribution < 1.29 is 30.0 Å². The van der Waals surface area contributed by atoms with Crippen LogP contribution < -0.4 is 0 Å². The minimum Gasteiger partial charge on any atom is -0.478 e. The van der Waals surface area contributed by atoms with Gasteiger partial charge in [0.05, 0.1) is 13.2 Å². The minimum absolute atomic E-state index is 0.0938. The third-order valence-corrected chi connectivity index (χ3v) is 2.90. The second kappa shape index (κ2) is 13.3. The van der Waals surface area contributed by atoms with E-state index < -0.39 is 11.9 Å². The van der Waals surface area contributed by atoms with Crippen LogP contribution in [0.2, 0.25) is 0 Å². The highest BCUT2D eigenvalue weighted by Gasteiger charge is 2.23. The van der Waals surface area contributed by atoms with Crippen LogP contribution in [-0.2, 0) is 9.59 Å². The van der Waals surface area contributed by atoms with E-state index in [0.29, 0.717) is 0 Å². The molecule has 0 atom stereocenters. The van der Waals surface area contributed by atoms with Crippen molar-refractivity contribution in [2.45, 2.75) is 40.5 Å². The molecule has 0 rings (SSSR count). The predicted molar refractivity (Wildman–Crippen MR) is 82.1 cm³/mol. The summed E-state index contributed by atoms with van der Waals surface area (Å²) in [6, 6.07) is 0. The highest BCUT2D eigenvalue weighted by Crippen LogP contribution is 2.23. The normalized spacial score (nSPS) is 9.43. The molecule has 4 N–H and O–H groups in total. The summed E-state index contributed by atoms with van der Waals surface area (Å²) in [6.45, 7) is 13.4. The van der Waals surface area contributed by atoms with Crippen LogP contribution in [0.15, 0.2) is 24.3 Å². The third kappa shape index (κ3) is 14.6. The van der Waals surface area contributed by atoms with Gasteiger partial charge in [-0.3, -0.25) is 0 Å². The van der Waals surface area contributed by atoms with Crippen molar-refractivity contribution in [3.05, 3.63) is 24.3 Å². The van der Waals surface area contributed by atoms with E-state index in [-0.39, 0.29) is 29.8 Å². The lowest BCUT2D eigenvalue weighted by Crippen LogP contribution is -2.27. The second-order valence-corrected chi connectivity index (χ2v) is 4.69. The van der Waals surface area contributed by atoms with Gasteiger partial charge in [-0.05, 0) is 26.7 Å². The second-order valence-electron chi connectivity index (χ2n) is 4.69. The fourth-order valence-corrected chi connectivity index (χ4v) is 0.747. The van der Waals surface area contributed by atoms with E-state index in [0.717, 1.165) is 12.8 Å². The summed E-state index contributed by atoms with van der Waals surface area (Å²) in [5.41, 5.74) is 0.130. The molecule has 0 unspecified atom stereocenters. The molecule has 0 aliphatic carbocycles. The Labute approximate surface area is 126 Å². The molecule has 21 heavy (non-hydrogen) atoms. The lowest BCUT2D eigenvalue weighted by molar-refractivity contribution is -0.133. The topological polar surface area (TPSA) is 115 Å². The molecule has 0 spiro atoms. The summed E-state index contributed by atoms with van der Waals surface area (Å²) in [6.07, 6.45) is 1.69. The first-order valence-corrected chi connectivity index (χ1v) is 6.52. The molecular formula is C15H28O6. The molecule has 0 amide bonds. The number of aliphatic carboxylic acids is 2. The van der Waals surface area contributed by atoms with Gasteiger partial charge in [0.25, 0.3) is 0 Å². The summed E-state index contributed by atoms with van der Waals surface area (Å²) in [4.78, 5) is 19.2. The zero-order valence-electron chi connectivity index (χ0n) is 13.3. The highest BCUT2D eigenvalue weighted by molar-refractivity contribution is 5.85. The molecule has 0 heterocycles. The van der Waals surface area contributed by atoms with Crippen molar-refractivity contribution in [3.63, 3.8) is 0 Å². The molecule has 6 heteroatoms. The fraction of sp³-hybridized carbons (Fsp3) is 0.600. The predicted octanol–water partition coefficient (Wildman–Crippen LogP) is 2.07. The summed E-state index contributed by atoms with van der Waals surface area (Å²) >= 11 is 0. The van der Waals surface area contributed by atoms with E-state index in [2.05, 4.69) is 13.2 Å². The van der Waals surface area contributed by atoms with Gasteiger partial charge >= 0.3 is 11.9 Å². The van der Waals surface area contributed by atoms with Gasteiger partial charge in [-0.1, -0.05) is 27.0 Å². The van der Waals surface area contributed by atoms with E-state index in [1.165, 1.54) is 13.8 Å². The van der Waals surface area contributed by atoms with Crippen LogP contribution >= 0.6 is 0 Å². The van der Waals surface area contributed by atoms with Crippen molar-refractivity contribution >= 4 is 11.9 Å². The first kappa shape index (κ1) is 24.4. The van der Waals surface area contributed by atoms with Crippen molar-refractivity contribution in [1.82, 2.24) is 0 Å². The number of aliphatic hydroxyl groups excluding tert-OH is 2. The van der Waals surface area contributed by atoms with Gasteiger partial charge in [0, 0.05) is 16.6 Å². The van der Waals surface area contributed by atoms with E-state index in [1.807, 2.05) is 13.8 Å². The largest absolute Gasteiger partial charge is 0.478 e. The van der Waals surface area contributed by atoms with Crippen LogP contribution in [0.4, 0.5) is 0 Å². The monoisotopic (exact) mass is 304 g/mol. The van der Waals surface area contributed by atoms with Crippen LogP contribution in [0.3, 0.4) is 0 Å². The Morgan fingerprint density at radius 1 is 0.857 bits per heavy atom. The molecule has 0 aromatic rings. The maximum absolute atomic E-state index is 9.60. The maximum atomic E-state index is 9.60. The van der Waals surface area contributed by atoms with Gasteiger partial charge in [-0.2, -0.15) is 0 Å². The van der Waals surface area contributed by atoms with E-state index in [1.54, 1.807) is 0 Å². The van der Waals surface area contributed by atoms with Gasteiger partial charge in [0.1, 0.15) is 0 Å². The van der Waals surface area contributed by atoms with E-state index in [9.17, 15) is 9.59 Å². The van der Waals surface area contributed by atoms with Crippen LogP contribution in [0.25, 0.3) is 0 Å². The zero-order chi connectivity index (χ0) is 17.6. The van der Waals surface area contributed by atoms with Gasteiger partial charge in [0.2, 0.25) is 0 Å². The Morgan fingerprint density at radius 3 is 1.05 bits per heavy atom. The number of aliphatic hydroxyl groups is 2. The molecule has 0 saturated heterocycles. The number of hydrogen-bond donors (Lipinski definition) is 4. The van der Waals surface area contributed by atoms with Crippen LogP contribution in [0.1, 0.15) is 40.5 Å². The molecule has 0 radical (unpaired) electrons. The SMILES string of the molecule is C=C(C)C(=O)O.C=C(C)C(=O)O.CCC(CC)(CO)CO. The van der Waals surface area contributed by atoms with Gasteiger partial charge in [0.15, 0.2) is 0 Å². The number of rotatable bonds is 6. The average Bonchev–Trinajstić information content (AvgIpc) is 2.43. The number of hydrogen-bond acceptors (Lipinski definition) is 4. The first-order valence-electron chi connectivity index (χ1n) is 6.52. The van der Waals surface area contributed by atoms with Crippen LogP contribution in [-0.4, -0.2) is 45.6 Å². The van der Waals surface area contributed by atoms with Gasteiger partial charge < -0.3 is 20.4 Å². The standard InChI is InChI=1S/C7H16O2.2C4H6O2/c1-3-7(4-2,5-8)6-9;2*1-3(2)4(5)6/h8-9H,3-6H2,1-2H3;2*1H2,2H3,(H,5,6). The Kier molecular flexibility index (Phi) is 15.5. The summed E-state index contributed by atoms with van der Waals surface area (Å²) in [5.74, 6) is -1.87. The Morgan fingerprint density at radius 2 is 1.05 bits per heavy atom. The van der Waals surface area contributed by atoms with Crippen LogP contribution in [0.5, 0.6) is 0 Å². The lowest BCUT2D eigenvalue weighted by atomic mass is 9.84. The highest BCUT2D eigenvalue weighted by atomic mass is 16.4. The molecule has 0 aromatic carbocycles. The summed E-state index contributed by atoms with van der Waals surface area (Å²) < 4.78 is 0. The van der Waals surface area contributed by atoms with Gasteiger partial charge in [-0.25, -0.2) is 9.59 Å². The first-order chi connectivity index (χ1) is 9.53. The molecule has 6 nitrogen and oxygen atoms in total. The molecule has 0 aliphatic heterocycles. The number of carboxylic acid groups (broad SMARTS) is 2. The molecule has 0 aromatic heterocycles. The van der Waals surface area contributed by atoms with Crippen LogP contribution in [0, 0.1) is 5.41 Å². The molecule has 124 valence electrons. The van der Waals surface area contributed by atoms with Crippen molar-refractivity contribution in [2.75, 3.05) is 13.2 Å². The summed E-state index contributed by atoms with van der Waals surface area (Å²) in [5, 5.41) is 33.4.